The summed E-state index contributed by atoms with van der Waals surface area (Å²) >= 11 is 6.52. The van der Waals surface area contributed by atoms with E-state index in [2.05, 4.69) is 15.3 Å². The predicted molar refractivity (Wildman–Crippen MR) is 134 cm³/mol. The number of fused-ring (bicyclic) bond motifs is 1. The lowest BCUT2D eigenvalue weighted by Gasteiger charge is -2.31. The van der Waals surface area contributed by atoms with Gasteiger partial charge in [0.25, 0.3) is 5.91 Å². The summed E-state index contributed by atoms with van der Waals surface area (Å²) in [6, 6.07) is 18.9. The Morgan fingerprint density at radius 3 is 2.59 bits per heavy atom. The number of benzene rings is 2. The Morgan fingerprint density at radius 2 is 1.79 bits per heavy atom. The van der Waals surface area contributed by atoms with E-state index in [9.17, 15) is 9.59 Å². The second-order valence-corrected chi connectivity index (χ2v) is 8.78. The minimum atomic E-state index is -0.159. The van der Waals surface area contributed by atoms with Crippen LogP contribution in [-0.4, -0.2) is 39.8 Å². The van der Waals surface area contributed by atoms with Crippen LogP contribution in [0.2, 0.25) is 5.02 Å². The average Bonchev–Trinajstić information content (AvgIpc) is 2.89. The third kappa shape index (κ3) is 4.50. The van der Waals surface area contributed by atoms with Crippen molar-refractivity contribution in [3.63, 3.8) is 0 Å². The van der Waals surface area contributed by atoms with Crippen LogP contribution in [0.1, 0.15) is 23.2 Å². The van der Waals surface area contributed by atoms with Gasteiger partial charge in [-0.05, 0) is 54.6 Å². The van der Waals surface area contributed by atoms with Crippen LogP contribution >= 0.6 is 11.6 Å². The molecule has 2 aromatic carbocycles. The molecular formula is C27H23ClN4O2. The van der Waals surface area contributed by atoms with Gasteiger partial charge in [0.15, 0.2) is 0 Å². The summed E-state index contributed by atoms with van der Waals surface area (Å²) in [6.07, 6.45) is 6.21. The van der Waals surface area contributed by atoms with E-state index in [0.29, 0.717) is 42.2 Å². The molecule has 4 aromatic rings. The zero-order valence-electron chi connectivity index (χ0n) is 18.4. The van der Waals surface area contributed by atoms with Crippen LogP contribution < -0.4 is 5.32 Å². The minimum absolute atomic E-state index is 0.0445. The molecule has 170 valence electrons. The minimum Gasteiger partial charge on any atom is -0.339 e. The maximum Gasteiger partial charge on any atom is 0.255 e. The number of halogens is 1. The fourth-order valence-corrected chi connectivity index (χ4v) is 4.59. The van der Waals surface area contributed by atoms with Gasteiger partial charge >= 0.3 is 0 Å². The Labute approximate surface area is 202 Å². The zero-order chi connectivity index (χ0) is 23.5. The van der Waals surface area contributed by atoms with Crippen molar-refractivity contribution in [2.75, 3.05) is 18.4 Å². The lowest BCUT2D eigenvalue weighted by atomic mass is 9.95. The standard InChI is InChI=1S/C27H23ClN4O2/c28-24-8-7-21(16-23(24)25-22-6-2-1-4-18(22)9-13-30-25)31-26(33)19-10-14-32(15-11-19)27(34)20-5-3-12-29-17-20/h1-9,12-13,16-17,19H,10-11,14-15H2,(H,31,33). The maximum atomic E-state index is 13.0. The lowest BCUT2D eigenvalue weighted by Crippen LogP contribution is -2.41. The van der Waals surface area contributed by atoms with Gasteiger partial charge in [0.1, 0.15) is 0 Å². The first kappa shape index (κ1) is 22.0. The Hall–Kier alpha value is -3.77. The molecular weight excluding hydrogens is 448 g/mol. The molecule has 6 nitrogen and oxygen atoms in total. The van der Waals surface area contributed by atoms with Crippen molar-refractivity contribution in [2.45, 2.75) is 12.8 Å². The molecule has 0 bridgehead atoms. The lowest BCUT2D eigenvalue weighted by molar-refractivity contribution is -0.121. The van der Waals surface area contributed by atoms with Crippen molar-refractivity contribution >= 4 is 39.9 Å². The molecule has 0 radical (unpaired) electrons. The first-order chi connectivity index (χ1) is 16.6. The fourth-order valence-electron chi connectivity index (χ4n) is 4.38. The van der Waals surface area contributed by atoms with E-state index in [4.69, 9.17) is 11.6 Å². The van der Waals surface area contributed by atoms with Crippen LogP contribution in [0, 0.1) is 5.92 Å². The van der Waals surface area contributed by atoms with Crippen LogP contribution in [0.5, 0.6) is 0 Å². The molecule has 7 heteroatoms. The molecule has 2 amide bonds. The third-order valence-corrected chi connectivity index (χ3v) is 6.55. The van der Waals surface area contributed by atoms with E-state index < -0.39 is 0 Å². The Balaban J connectivity index is 1.28. The number of amides is 2. The first-order valence-corrected chi connectivity index (χ1v) is 11.6. The van der Waals surface area contributed by atoms with Crippen molar-refractivity contribution < 1.29 is 9.59 Å². The summed E-state index contributed by atoms with van der Waals surface area (Å²) < 4.78 is 0. The number of hydrogen-bond acceptors (Lipinski definition) is 4. The number of carbonyl (C=O) groups is 2. The highest BCUT2D eigenvalue weighted by atomic mass is 35.5. The fraction of sp³-hybridized carbons (Fsp3) is 0.185. The van der Waals surface area contributed by atoms with Gasteiger partial charge in [0, 0.05) is 54.2 Å². The van der Waals surface area contributed by atoms with E-state index in [1.807, 2.05) is 36.4 Å². The smallest absolute Gasteiger partial charge is 0.255 e. The van der Waals surface area contributed by atoms with Crippen LogP contribution in [0.15, 0.2) is 79.3 Å². The molecule has 1 N–H and O–H groups in total. The van der Waals surface area contributed by atoms with Crippen molar-refractivity contribution in [1.82, 2.24) is 14.9 Å². The number of hydrogen-bond donors (Lipinski definition) is 1. The first-order valence-electron chi connectivity index (χ1n) is 11.2. The number of pyridine rings is 2. The van der Waals surface area contributed by atoms with E-state index in [0.717, 1.165) is 22.0 Å². The van der Waals surface area contributed by atoms with Gasteiger partial charge < -0.3 is 10.2 Å². The number of nitrogens with zero attached hydrogens (tertiary/aromatic N) is 3. The van der Waals surface area contributed by atoms with Gasteiger partial charge in [0.2, 0.25) is 5.91 Å². The number of rotatable bonds is 4. The summed E-state index contributed by atoms with van der Waals surface area (Å²) in [4.78, 5) is 36.0. The van der Waals surface area contributed by atoms with Crippen LogP contribution in [0.3, 0.4) is 0 Å². The molecule has 5 rings (SSSR count). The number of aromatic nitrogens is 2. The number of piperidine rings is 1. The number of carbonyl (C=O) groups excluding carboxylic acids is 2. The quantitative estimate of drug-likeness (QED) is 0.431. The normalized spacial score (nSPS) is 14.2. The van der Waals surface area contributed by atoms with Crippen molar-refractivity contribution in [3.05, 3.63) is 89.8 Å². The van der Waals surface area contributed by atoms with E-state index in [1.165, 1.54) is 0 Å². The second kappa shape index (κ2) is 9.61. The van der Waals surface area contributed by atoms with Gasteiger partial charge in [-0.15, -0.1) is 0 Å². The van der Waals surface area contributed by atoms with Crippen LogP contribution in [0.4, 0.5) is 5.69 Å². The van der Waals surface area contributed by atoms with Gasteiger partial charge in [0.05, 0.1) is 16.3 Å². The van der Waals surface area contributed by atoms with E-state index in [1.54, 1.807) is 47.8 Å². The largest absolute Gasteiger partial charge is 0.339 e. The predicted octanol–water partition coefficient (Wildman–Crippen LogP) is 5.44. The topological polar surface area (TPSA) is 75.2 Å². The van der Waals surface area contributed by atoms with Crippen LogP contribution in [-0.2, 0) is 4.79 Å². The van der Waals surface area contributed by atoms with Gasteiger partial charge in [-0.1, -0.05) is 35.9 Å². The van der Waals surface area contributed by atoms with E-state index >= 15 is 0 Å². The van der Waals surface area contributed by atoms with Crippen LogP contribution in [0.25, 0.3) is 22.0 Å². The van der Waals surface area contributed by atoms with Gasteiger partial charge in [-0.25, -0.2) is 0 Å². The molecule has 2 aromatic heterocycles. The Bertz CT molecular complexity index is 1350. The number of likely N-dealkylation sites (tertiary alicyclic amines) is 1. The zero-order valence-corrected chi connectivity index (χ0v) is 19.2. The highest BCUT2D eigenvalue weighted by molar-refractivity contribution is 6.33. The second-order valence-electron chi connectivity index (χ2n) is 8.37. The molecule has 1 fully saturated rings. The molecule has 1 saturated heterocycles. The summed E-state index contributed by atoms with van der Waals surface area (Å²) in [5, 5.41) is 5.68. The van der Waals surface area contributed by atoms with Gasteiger partial charge in [-0.2, -0.15) is 0 Å². The molecule has 0 spiro atoms. The third-order valence-electron chi connectivity index (χ3n) is 6.22. The molecule has 1 aliphatic heterocycles. The Morgan fingerprint density at radius 1 is 0.971 bits per heavy atom. The van der Waals surface area contributed by atoms with Crippen molar-refractivity contribution in [1.29, 1.82) is 0 Å². The summed E-state index contributed by atoms with van der Waals surface area (Å²) in [6.45, 7) is 1.08. The molecule has 0 saturated carbocycles. The molecule has 0 aliphatic carbocycles. The maximum absolute atomic E-state index is 13.0. The van der Waals surface area contributed by atoms with Gasteiger partial charge in [-0.3, -0.25) is 19.6 Å². The SMILES string of the molecule is O=C(Nc1ccc(Cl)c(-c2nccc3ccccc23)c1)C1CCN(C(=O)c2cccnc2)CC1. The number of nitrogens with one attached hydrogen (secondary N) is 1. The summed E-state index contributed by atoms with van der Waals surface area (Å²) in [7, 11) is 0. The average molecular weight is 471 g/mol. The Kier molecular flexibility index (Phi) is 6.23. The monoisotopic (exact) mass is 470 g/mol. The molecule has 0 unspecified atom stereocenters. The van der Waals surface area contributed by atoms with Crippen molar-refractivity contribution in [3.8, 4) is 11.3 Å². The molecule has 0 atom stereocenters. The number of anilines is 1. The summed E-state index contributed by atoms with van der Waals surface area (Å²) in [5.74, 6) is -0.253. The summed E-state index contributed by atoms with van der Waals surface area (Å²) in [5.41, 5.74) is 2.80. The highest BCUT2D eigenvalue weighted by Gasteiger charge is 2.28. The molecule has 1 aliphatic rings. The molecule has 3 heterocycles. The van der Waals surface area contributed by atoms with E-state index in [-0.39, 0.29) is 17.7 Å². The van der Waals surface area contributed by atoms with Crippen molar-refractivity contribution in [2.24, 2.45) is 5.92 Å². The molecule has 34 heavy (non-hydrogen) atoms. The highest BCUT2D eigenvalue weighted by Crippen LogP contribution is 2.34.